The lowest BCUT2D eigenvalue weighted by molar-refractivity contribution is -0.142. The summed E-state index contributed by atoms with van der Waals surface area (Å²) in [6.07, 6.45) is 5.06. The molecule has 1 saturated carbocycles. The smallest absolute Gasteiger partial charge is 0.198 e. The lowest BCUT2D eigenvalue weighted by Crippen LogP contribution is -2.55. The van der Waals surface area contributed by atoms with Gasteiger partial charge in [0.2, 0.25) is 0 Å². The summed E-state index contributed by atoms with van der Waals surface area (Å²) in [7, 11) is 1.71. The summed E-state index contributed by atoms with van der Waals surface area (Å²) in [4.78, 5) is 0. The van der Waals surface area contributed by atoms with Gasteiger partial charge in [0.1, 0.15) is 11.5 Å². The van der Waals surface area contributed by atoms with Crippen molar-refractivity contribution in [1.29, 1.82) is 0 Å². The molecule has 0 bridgehead atoms. The van der Waals surface area contributed by atoms with Crippen molar-refractivity contribution < 1.29 is 9.47 Å². The van der Waals surface area contributed by atoms with Gasteiger partial charge in [-0.05, 0) is 42.5 Å². The van der Waals surface area contributed by atoms with Crippen molar-refractivity contribution in [2.75, 3.05) is 7.11 Å². The molecule has 0 amide bonds. The molecule has 3 aromatic carbocycles. The Bertz CT molecular complexity index is 1150. The zero-order valence-electron chi connectivity index (χ0n) is 18.4. The molecule has 1 aliphatic carbocycles. The number of fused-ring (bicyclic) bond motifs is 4. The predicted molar refractivity (Wildman–Crippen MR) is 126 cm³/mol. The normalized spacial score (nSPS) is 26.2. The van der Waals surface area contributed by atoms with E-state index in [2.05, 4.69) is 71.7 Å². The molecular weight excluding hydrogens is 396 g/mol. The zero-order valence-corrected chi connectivity index (χ0v) is 18.4. The molecule has 1 atom stereocenters. The van der Waals surface area contributed by atoms with Gasteiger partial charge in [-0.1, -0.05) is 60.7 Å². The molecule has 3 aliphatic rings. The van der Waals surface area contributed by atoms with Crippen LogP contribution in [0, 0.1) is 0 Å². The van der Waals surface area contributed by atoms with E-state index in [9.17, 15) is 0 Å². The van der Waals surface area contributed by atoms with Gasteiger partial charge in [0.15, 0.2) is 5.72 Å². The number of hydrogen-bond donors (Lipinski definition) is 0. The standard InChI is InChI=1S/C28H28N2O2/c1-31-23-11-7-10-22(18-23)25-19-26-24-12-5-6-13-27(24)32-28(30(26)29-25)16-14-21(15-17-28)20-8-3-2-4-9-20/h2-13,18,21,26H,14-17,19H2,1H3/t21?,26-,28?/m0/s1. The van der Waals surface area contributed by atoms with E-state index in [-0.39, 0.29) is 11.8 Å². The quantitative estimate of drug-likeness (QED) is 0.495. The van der Waals surface area contributed by atoms with E-state index in [4.69, 9.17) is 14.6 Å². The Morgan fingerprint density at radius 1 is 0.938 bits per heavy atom. The molecule has 0 aromatic heterocycles. The van der Waals surface area contributed by atoms with E-state index in [1.807, 2.05) is 12.1 Å². The summed E-state index contributed by atoms with van der Waals surface area (Å²) in [6.45, 7) is 0. The van der Waals surface area contributed by atoms with Crippen LogP contribution in [0.1, 0.15) is 60.8 Å². The van der Waals surface area contributed by atoms with Gasteiger partial charge in [0, 0.05) is 30.4 Å². The van der Waals surface area contributed by atoms with E-state index in [0.717, 1.165) is 54.9 Å². The second-order valence-electron chi connectivity index (χ2n) is 9.11. The first-order valence-corrected chi connectivity index (χ1v) is 11.6. The van der Waals surface area contributed by atoms with Gasteiger partial charge in [-0.15, -0.1) is 0 Å². The monoisotopic (exact) mass is 424 g/mol. The van der Waals surface area contributed by atoms with E-state index >= 15 is 0 Å². The van der Waals surface area contributed by atoms with Gasteiger partial charge in [0.05, 0.1) is 18.9 Å². The summed E-state index contributed by atoms with van der Waals surface area (Å²) >= 11 is 0. The van der Waals surface area contributed by atoms with Crippen molar-refractivity contribution in [2.24, 2.45) is 5.10 Å². The highest BCUT2D eigenvalue weighted by molar-refractivity contribution is 6.02. The highest BCUT2D eigenvalue weighted by atomic mass is 16.5. The minimum atomic E-state index is -0.370. The van der Waals surface area contributed by atoms with Crippen LogP contribution in [-0.2, 0) is 0 Å². The maximum atomic E-state index is 6.78. The number of hydrogen-bond acceptors (Lipinski definition) is 4. The van der Waals surface area contributed by atoms with Crippen LogP contribution in [0.4, 0.5) is 0 Å². The maximum Gasteiger partial charge on any atom is 0.198 e. The van der Waals surface area contributed by atoms with Crippen LogP contribution in [-0.4, -0.2) is 23.6 Å². The molecule has 3 aromatic rings. The van der Waals surface area contributed by atoms with Crippen LogP contribution in [0.2, 0.25) is 0 Å². The van der Waals surface area contributed by atoms with E-state index in [0.29, 0.717) is 5.92 Å². The van der Waals surface area contributed by atoms with Gasteiger partial charge < -0.3 is 9.47 Å². The molecule has 4 nitrogen and oxygen atoms in total. The molecule has 4 heteroatoms. The minimum Gasteiger partial charge on any atom is -0.497 e. The van der Waals surface area contributed by atoms with Gasteiger partial charge in [0.25, 0.3) is 0 Å². The van der Waals surface area contributed by atoms with Crippen molar-refractivity contribution in [3.63, 3.8) is 0 Å². The molecule has 0 N–H and O–H groups in total. The molecule has 32 heavy (non-hydrogen) atoms. The van der Waals surface area contributed by atoms with Crippen molar-refractivity contribution in [3.8, 4) is 11.5 Å². The first-order chi connectivity index (χ1) is 15.8. The van der Waals surface area contributed by atoms with Crippen molar-refractivity contribution in [3.05, 3.63) is 95.6 Å². The summed E-state index contributed by atoms with van der Waals surface area (Å²) in [5, 5.41) is 7.50. The molecule has 1 spiro atoms. The van der Waals surface area contributed by atoms with Crippen molar-refractivity contribution in [2.45, 2.75) is 49.8 Å². The SMILES string of the molecule is COc1cccc(C2=NN3[C@@H](C2)c2ccccc2OC32CCC(c3ccccc3)CC2)c1. The first kappa shape index (κ1) is 19.4. The average molecular weight is 425 g/mol. The van der Waals surface area contributed by atoms with Crippen LogP contribution in [0.5, 0.6) is 11.5 Å². The Morgan fingerprint density at radius 2 is 1.72 bits per heavy atom. The third-order valence-corrected chi connectivity index (χ3v) is 7.35. The van der Waals surface area contributed by atoms with Gasteiger partial charge >= 0.3 is 0 Å². The summed E-state index contributed by atoms with van der Waals surface area (Å²) in [5.74, 6) is 2.48. The summed E-state index contributed by atoms with van der Waals surface area (Å²) < 4.78 is 12.2. The van der Waals surface area contributed by atoms with Crippen molar-refractivity contribution >= 4 is 5.71 Å². The van der Waals surface area contributed by atoms with Crippen LogP contribution < -0.4 is 9.47 Å². The van der Waals surface area contributed by atoms with Crippen LogP contribution >= 0.6 is 0 Å². The Hall–Kier alpha value is -3.27. The molecule has 0 radical (unpaired) electrons. The Labute approximate surface area is 189 Å². The molecule has 0 saturated heterocycles. The topological polar surface area (TPSA) is 34.1 Å². The second-order valence-corrected chi connectivity index (χ2v) is 9.11. The van der Waals surface area contributed by atoms with Crippen LogP contribution in [0.3, 0.4) is 0 Å². The third kappa shape index (κ3) is 3.17. The first-order valence-electron chi connectivity index (χ1n) is 11.6. The van der Waals surface area contributed by atoms with E-state index in [1.165, 1.54) is 11.1 Å². The number of para-hydroxylation sites is 1. The summed E-state index contributed by atoms with van der Waals surface area (Å²) in [5.41, 5.74) is 4.55. The molecule has 2 aliphatic heterocycles. The second kappa shape index (κ2) is 7.70. The molecule has 1 fully saturated rings. The lowest BCUT2D eigenvalue weighted by Gasteiger charge is -2.50. The number of methoxy groups -OCH3 is 1. The fourth-order valence-corrected chi connectivity index (χ4v) is 5.66. The molecule has 6 rings (SSSR count). The maximum absolute atomic E-state index is 6.78. The van der Waals surface area contributed by atoms with Crippen LogP contribution in [0.15, 0.2) is 84.0 Å². The predicted octanol–water partition coefficient (Wildman–Crippen LogP) is 6.29. The number of benzene rings is 3. The minimum absolute atomic E-state index is 0.217. The van der Waals surface area contributed by atoms with Crippen molar-refractivity contribution in [1.82, 2.24) is 5.01 Å². The van der Waals surface area contributed by atoms with Gasteiger partial charge in [-0.25, -0.2) is 5.01 Å². The Kier molecular flexibility index (Phi) is 4.67. The molecule has 162 valence electrons. The Morgan fingerprint density at radius 3 is 2.53 bits per heavy atom. The summed E-state index contributed by atoms with van der Waals surface area (Å²) in [6, 6.07) is 27.9. The van der Waals surface area contributed by atoms with Crippen LogP contribution in [0.25, 0.3) is 0 Å². The number of rotatable bonds is 3. The fraction of sp³-hybridized carbons (Fsp3) is 0.321. The molecule has 0 unspecified atom stereocenters. The average Bonchev–Trinajstić information content (AvgIpc) is 3.32. The van der Waals surface area contributed by atoms with E-state index in [1.54, 1.807) is 7.11 Å². The molecular formula is C28H28N2O2. The number of hydrazone groups is 1. The third-order valence-electron chi connectivity index (χ3n) is 7.35. The number of ether oxygens (including phenoxy) is 2. The highest BCUT2D eigenvalue weighted by Crippen LogP contribution is 2.52. The van der Waals surface area contributed by atoms with Gasteiger partial charge in [-0.2, -0.15) is 5.10 Å². The lowest BCUT2D eigenvalue weighted by atomic mass is 9.78. The highest BCUT2D eigenvalue weighted by Gasteiger charge is 2.51. The largest absolute Gasteiger partial charge is 0.497 e. The number of nitrogens with zero attached hydrogens (tertiary/aromatic N) is 2. The molecule has 2 heterocycles. The zero-order chi connectivity index (χ0) is 21.5. The Balaban J connectivity index is 1.35. The van der Waals surface area contributed by atoms with E-state index < -0.39 is 0 Å². The van der Waals surface area contributed by atoms with Gasteiger partial charge in [-0.3, -0.25) is 0 Å². The fourth-order valence-electron chi connectivity index (χ4n) is 5.66.